The number of nitrogens with one attached hydrogen (secondary N) is 3. The highest BCUT2D eigenvalue weighted by Crippen LogP contribution is 2.26. The number of fused-ring (bicyclic) bond motifs is 1. The zero-order valence-electron chi connectivity index (χ0n) is 13.4. The molecule has 3 N–H and O–H groups in total. The minimum Gasteiger partial charge on any atom is -0.358 e. The molecular formula is C17H24ClN3O. The number of aryl methyl sites for hydroxylation is 3. The molecule has 2 heterocycles. The summed E-state index contributed by atoms with van der Waals surface area (Å²) in [6.45, 7) is 7.86. The molecule has 22 heavy (non-hydrogen) atoms. The van der Waals surface area contributed by atoms with Crippen molar-refractivity contribution >= 4 is 29.2 Å². The number of hydrogen-bond donors (Lipinski definition) is 3. The second-order valence-electron chi connectivity index (χ2n) is 6.09. The van der Waals surface area contributed by atoms with Crippen LogP contribution in [0.3, 0.4) is 0 Å². The first-order valence-corrected chi connectivity index (χ1v) is 7.66. The predicted molar refractivity (Wildman–Crippen MR) is 92.6 cm³/mol. The van der Waals surface area contributed by atoms with E-state index in [9.17, 15) is 4.79 Å². The van der Waals surface area contributed by atoms with Crippen LogP contribution in [0.25, 0.3) is 10.9 Å². The molecule has 4 nitrogen and oxygen atoms in total. The van der Waals surface area contributed by atoms with Gasteiger partial charge in [0, 0.05) is 17.6 Å². The largest absolute Gasteiger partial charge is 0.358 e. The van der Waals surface area contributed by atoms with Gasteiger partial charge in [0.1, 0.15) is 0 Å². The van der Waals surface area contributed by atoms with Crippen molar-refractivity contribution < 1.29 is 4.79 Å². The van der Waals surface area contributed by atoms with E-state index in [0.29, 0.717) is 6.54 Å². The summed E-state index contributed by atoms with van der Waals surface area (Å²) in [7, 11) is 0. The predicted octanol–water partition coefficient (Wildman–Crippen LogP) is 2.88. The van der Waals surface area contributed by atoms with Gasteiger partial charge in [-0.2, -0.15) is 0 Å². The van der Waals surface area contributed by atoms with E-state index in [1.165, 1.54) is 22.2 Å². The standard InChI is InChI=1S/C17H23N3O.ClH/c1-10-7-13(9-19-17(21)15-5-4-6-18-15)16-14(8-10)11(2)12(3)20-16;/h7-8,15,18,20H,4-6,9H2,1-3H3,(H,19,21);1H. The van der Waals surface area contributed by atoms with Crippen LogP contribution in [-0.4, -0.2) is 23.5 Å². The lowest BCUT2D eigenvalue weighted by atomic mass is 10.0. The monoisotopic (exact) mass is 321 g/mol. The van der Waals surface area contributed by atoms with E-state index in [1.54, 1.807) is 0 Å². The van der Waals surface area contributed by atoms with Crippen LogP contribution in [-0.2, 0) is 11.3 Å². The van der Waals surface area contributed by atoms with Gasteiger partial charge in [0.2, 0.25) is 5.91 Å². The van der Waals surface area contributed by atoms with Crippen molar-refractivity contribution in [1.29, 1.82) is 0 Å². The van der Waals surface area contributed by atoms with Gasteiger partial charge in [0.25, 0.3) is 0 Å². The summed E-state index contributed by atoms with van der Waals surface area (Å²) in [5.74, 6) is 0.113. The van der Waals surface area contributed by atoms with Crippen molar-refractivity contribution in [1.82, 2.24) is 15.6 Å². The Hall–Kier alpha value is -1.52. The number of benzene rings is 1. The summed E-state index contributed by atoms with van der Waals surface area (Å²) in [5, 5.41) is 7.56. The lowest BCUT2D eigenvalue weighted by Crippen LogP contribution is -2.40. The van der Waals surface area contributed by atoms with Gasteiger partial charge in [-0.25, -0.2) is 0 Å². The fraction of sp³-hybridized carbons (Fsp3) is 0.471. The van der Waals surface area contributed by atoms with Crippen LogP contribution in [0.5, 0.6) is 0 Å². The smallest absolute Gasteiger partial charge is 0.237 e. The third kappa shape index (κ3) is 3.13. The van der Waals surface area contributed by atoms with Crippen LogP contribution in [0.1, 0.15) is 35.2 Å². The first kappa shape index (κ1) is 16.8. The number of halogens is 1. The van der Waals surface area contributed by atoms with Crippen LogP contribution in [0.2, 0.25) is 0 Å². The first-order chi connectivity index (χ1) is 10.1. The summed E-state index contributed by atoms with van der Waals surface area (Å²) < 4.78 is 0. The molecule has 1 saturated heterocycles. The fourth-order valence-electron chi connectivity index (χ4n) is 3.14. The Balaban J connectivity index is 0.00000176. The fourth-order valence-corrected chi connectivity index (χ4v) is 3.14. The minimum absolute atomic E-state index is 0. The second-order valence-corrected chi connectivity index (χ2v) is 6.09. The van der Waals surface area contributed by atoms with Gasteiger partial charge in [-0.1, -0.05) is 11.6 Å². The van der Waals surface area contributed by atoms with Crippen molar-refractivity contribution in [3.05, 3.63) is 34.5 Å². The van der Waals surface area contributed by atoms with Crippen molar-refractivity contribution in [2.45, 2.75) is 46.2 Å². The topological polar surface area (TPSA) is 56.9 Å². The molecule has 1 aromatic heterocycles. The molecule has 0 aliphatic carbocycles. The molecule has 1 aliphatic rings. The SMILES string of the molecule is Cc1cc(CNC(=O)C2CCCN2)c2[nH]c(C)c(C)c2c1.Cl. The highest BCUT2D eigenvalue weighted by Gasteiger charge is 2.21. The van der Waals surface area contributed by atoms with Gasteiger partial charge in [-0.05, 0) is 57.4 Å². The average molecular weight is 322 g/mol. The molecule has 0 spiro atoms. The molecule has 5 heteroatoms. The maximum absolute atomic E-state index is 12.1. The Bertz CT molecular complexity index is 687. The minimum atomic E-state index is -0.0163. The Morgan fingerprint density at radius 3 is 2.77 bits per heavy atom. The summed E-state index contributed by atoms with van der Waals surface area (Å²) in [4.78, 5) is 15.6. The number of hydrogen-bond acceptors (Lipinski definition) is 2. The number of amides is 1. The normalized spacial score (nSPS) is 17.5. The van der Waals surface area contributed by atoms with Crippen molar-refractivity contribution in [2.24, 2.45) is 0 Å². The van der Waals surface area contributed by atoms with Gasteiger partial charge >= 0.3 is 0 Å². The van der Waals surface area contributed by atoms with Gasteiger partial charge in [-0.15, -0.1) is 12.4 Å². The quantitative estimate of drug-likeness (QED) is 0.814. The Labute approximate surface area is 137 Å². The number of carbonyl (C=O) groups excluding carboxylic acids is 1. The molecule has 1 aromatic carbocycles. The number of aromatic amines is 1. The molecule has 0 radical (unpaired) electrons. The average Bonchev–Trinajstić information content (AvgIpc) is 3.07. The van der Waals surface area contributed by atoms with E-state index >= 15 is 0 Å². The van der Waals surface area contributed by atoms with Crippen LogP contribution in [0.15, 0.2) is 12.1 Å². The van der Waals surface area contributed by atoms with E-state index in [4.69, 9.17) is 0 Å². The Morgan fingerprint density at radius 1 is 1.32 bits per heavy atom. The van der Waals surface area contributed by atoms with Crippen LogP contribution < -0.4 is 10.6 Å². The van der Waals surface area contributed by atoms with E-state index in [2.05, 4.69) is 48.5 Å². The summed E-state index contributed by atoms with van der Waals surface area (Å²) >= 11 is 0. The highest BCUT2D eigenvalue weighted by atomic mass is 35.5. The van der Waals surface area contributed by atoms with Crippen molar-refractivity contribution in [2.75, 3.05) is 6.54 Å². The molecule has 3 rings (SSSR count). The maximum atomic E-state index is 12.1. The maximum Gasteiger partial charge on any atom is 0.237 e. The zero-order valence-corrected chi connectivity index (χ0v) is 14.2. The third-order valence-corrected chi connectivity index (χ3v) is 4.47. The van der Waals surface area contributed by atoms with Crippen LogP contribution >= 0.6 is 12.4 Å². The summed E-state index contributed by atoms with van der Waals surface area (Å²) in [6.07, 6.45) is 2.03. The molecule has 0 saturated carbocycles. The molecule has 120 valence electrons. The number of aromatic nitrogens is 1. The van der Waals surface area contributed by atoms with E-state index in [1.807, 2.05) is 0 Å². The van der Waals surface area contributed by atoms with Gasteiger partial charge in [0.15, 0.2) is 0 Å². The van der Waals surface area contributed by atoms with Gasteiger partial charge in [0.05, 0.1) is 11.6 Å². The zero-order chi connectivity index (χ0) is 15.0. The third-order valence-electron chi connectivity index (χ3n) is 4.47. The number of H-pyrrole nitrogens is 1. The molecular weight excluding hydrogens is 298 g/mol. The van der Waals surface area contributed by atoms with Gasteiger partial charge in [-0.3, -0.25) is 4.79 Å². The molecule has 1 amide bonds. The van der Waals surface area contributed by atoms with E-state index < -0.39 is 0 Å². The Kier molecular flexibility index (Phi) is 5.14. The molecule has 0 bridgehead atoms. The van der Waals surface area contributed by atoms with Crippen LogP contribution in [0.4, 0.5) is 0 Å². The summed E-state index contributed by atoms with van der Waals surface area (Å²) in [6, 6.07) is 4.34. The number of carbonyl (C=O) groups is 1. The van der Waals surface area contributed by atoms with Crippen LogP contribution in [0, 0.1) is 20.8 Å². The molecule has 1 fully saturated rings. The van der Waals surface area contributed by atoms with E-state index in [0.717, 1.165) is 30.5 Å². The highest BCUT2D eigenvalue weighted by molar-refractivity contribution is 5.88. The lowest BCUT2D eigenvalue weighted by molar-refractivity contribution is -0.122. The van der Waals surface area contributed by atoms with E-state index in [-0.39, 0.29) is 24.4 Å². The molecule has 1 atom stereocenters. The summed E-state index contributed by atoms with van der Waals surface area (Å²) in [5.41, 5.74) is 6.02. The molecule has 2 aromatic rings. The van der Waals surface area contributed by atoms with Gasteiger partial charge < -0.3 is 15.6 Å². The van der Waals surface area contributed by atoms with Crippen molar-refractivity contribution in [3.8, 4) is 0 Å². The molecule has 1 aliphatic heterocycles. The molecule has 1 unspecified atom stereocenters. The lowest BCUT2D eigenvalue weighted by Gasteiger charge is -2.12. The van der Waals surface area contributed by atoms with Crippen molar-refractivity contribution in [3.63, 3.8) is 0 Å². The first-order valence-electron chi connectivity index (χ1n) is 7.66. The second kappa shape index (κ2) is 6.71. The Morgan fingerprint density at radius 2 is 2.09 bits per heavy atom. The number of rotatable bonds is 3.